The highest BCUT2D eigenvalue weighted by Crippen LogP contribution is 2.17. The van der Waals surface area contributed by atoms with Gasteiger partial charge in [0.25, 0.3) is 5.91 Å². The van der Waals surface area contributed by atoms with Gasteiger partial charge in [-0.25, -0.2) is 9.78 Å². The fourth-order valence-corrected chi connectivity index (χ4v) is 2.89. The molecule has 1 atom stereocenters. The quantitative estimate of drug-likeness (QED) is 0.874. The normalized spacial score (nSPS) is 16.6. The van der Waals surface area contributed by atoms with E-state index >= 15 is 0 Å². The number of amides is 1. The van der Waals surface area contributed by atoms with Crippen molar-refractivity contribution in [3.8, 4) is 0 Å². The molecule has 1 saturated heterocycles. The van der Waals surface area contributed by atoms with E-state index in [1.807, 2.05) is 30.3 Å². The number of carboxylic acids is 1. The highest BCUT2D eigenvalue weighted by Gasteiger charge is 2.24. The summed E-state index contributed by atoms with van der Waals surface area (Å²) in [4.78, 5) is 29.4. The number of aromatic nitrogens is 1. The number of hydrogen-bond acceptors (Lipinski definition) is 4. The van der Waals surface area contributed by atoms with E-state index < -0.39 is 5.97 Å². The molecular formula is C19H20N2O4. The van der Waals surface area contributed by atoms with Gasteiger partial charge >= 0.3 is 5.97 Å². The summed E-state index contributed by atoms with van der Waals surface area (Å²) in [6.45, 7) is 1.71. The van der Waals surface area contributed by atoms with E-state index in [1.54, 1.807) is 4.90 Å². The van der Waals surface area contributed by atoms with Crippen molar-refractivity contribution in [3.05, 3.63) is 65.5 Å². The van der Waals surface area contributed by atoms with Crippen molar-refractivity contribution in [3.63, 3.8) is 0 Å². The smallest absolute Gasteiger partial charge is 0.354 e. The average molecular weight is 340 g/mol. The van der Waals surface area contributed by atoms with Crippen LogP contribution in [0, 0.1) is 0 Å². The molecule has 3 rings (SSSR count). The summed E-state index contributed by atoms with van der Waals surface area (Å²) < 4.78 is 5.67. The van der Waals surface area contributed by atoms with Gasteiger partial charge in [0, 0.05) is 25.9 Å². The molecule has 6 nitrogen and oxygen atoms in total. The molecule has 1 amide bonds. The Balaban J connectivity index is 1.78. The van der Waals surface area contributed by atoms with Crippen molar-refractivity contribution < 1.29 is 19.4 Å². The standard InChI is InChI=1S/C19H20N2O4/c22-18(15-8-9-17(19(23)24)20-11-15)21(13-16-7-4-10-25-16)12-14-5-2-1-3-6-14/h1-3,5-6,8-9,11,16H,4,7,10,12-13H2,(H,23,24). The first-order chi connectivity index (χ1) is 12.1. The van der Waals surface area contributed by atoms with Gasteiger partial charge in [0.2, 0.25) is 0 Å². The van der Waals surface area contributed by atoms with Gasteiger partial charge in [0.05, 0.1) is 11.7 Å². The highest BCUT2D eigenvalue weighted by atomic mass is 16.5. The van der Waals surface area contributed by atoms with Crippen LogP contribution in [0.1, 0.15) is 39.3 Å². The number of nitrogens with zero attached hydrogens (tertiary/aromatic N) is 2. The third-order valence-corrected chi connectivity index (χ3v) is 4.18. The Morgan fingerprint density at radius 1 is 1.20 bits per heavy atom. The third-order valence-electron chi connectivity index (χ3n) is 4.18. The number of carbonyl (C=O) groups excluding carboxylic acids is 1. The van der Waals surface area contributed by atoms with Crippen molar-refractivity contribution in [1.29, 1.82) is 0 Å². The molecule has 0 spiro atoms. The Morgan fingerprint density at radius 2 is 2.00 bits per heavy atom. The Hall–Kier alpha value is -2.73. The van der Waals surface area contributed by atoms with Crippen LogP contribution in [0.25, 0.3) is 0 Å². The van der Waals surface area contributed by atoms with Crippen molar-refractivity contribution in [2.45, 2.75) is 25.5 Å². The van der Waals surface area contributed by atoms with E-state index in [9.17, 15) is 9.59 Å². The van der Waals surface area contributed by atoms with Gasteiger partial charge in [-0.1, -0.05) is 30.3 Å². The van der Waals surface area contributed by atoms with E-state index in [0.717, 1.165) is 25.0 Å². The van der Waals surface area contributed by atoms with E-state index in [0.29, 0.717) is 18.7 Å². The molecular weight excluding hydrogens is 320 g/mol. The molecule has 0 saturated carbocycles. The summed E-state index contributed by atoms with van der Waals surface area (Å²) in [7, 11) is 0. The van der Waals surface area contributed by atoms with Gasteiger partial charge in [-0.15, -0.1) is 0 Å². The number of rotatable bonds is 6. The largest absolute Gasteiger partial charge is 0.477 e. The van der Waals surface area contributed by atoms with Crippen molar-refractivity contribution >= 4 is 11.9 Å². The maximum atomic E-state index is 12.9. The summed E-state index contributed by atoms with van der Waals surface area (Å²) in [5, 5.41) is 8.93. The van der Waals surface area contributed by atoms with Crippen LogP contribution in [0.4, 0.5) is 0 Å². The predicted octanol–water partition coefficient (Wildman–Crippen LogP) is 2.60. The summed E-state index contributed by atoms with van der Waals surface area (Å²) in [6, 6.07) is 12.6. The molecule has 0 aliphatic carbocycles. The lowest BCUT2D eigenvalue weighted by molar-refractivity contribution is 0.0506. The zero-order valence-corrected chi connectivity index (χ0v) is 13.8. The lowest BCUT2D eigenvalue weighted by Crippen LogP contribution is -2.37. The van der Waals surface area contributed by atoms with Gasteiger partial charge in [-0.05, 0) is 30.5 Å². The Labute approximate surface area is 146 Å². The van der Waals surface area contributed by atoms with Crippen LogP contribution in [-0.4, -0.2) is 46.1 Å². The van der Waals surface area contributed by atoms with Crippen LogP contribution in [0.5, 0.6) is 0 Å². The average Bonchev–Trinajstić information content (AvgIpc) is 3.14. The molecule has 1 fully saturated rings. The van der Waals surface area contributed by atoms with Crippen LogP contribution >= 0.6 is 0 Å². The number of carbonyl (C=O) groups is 2. The maximum absolute atomic E-state index is 12.9. The van der Waals surface area contributed by atoms with Crippen LogP contribution in [0.2, 0.25) is 0 Å². The molecule has 1 aromatic heterocycles. The van der Waals surface area contributed by atoms with Crippen LogP contribution < -0.4 is 0 Å². The molecule has 6 heteroatoms. The minimum absolute atomic E-state index is 0.0407. The molecule has 130 valence electrons. The van der Waals surface area contributed by atoms with Crippen molar-refractivity contribution in [2.75, 3.05) is 13.2 Å². The zero-order chi connectivity index (χ0) is 17.6. The fraction of sp³-hybridized carbons (Fsp3) is 0.316. The third kappa shape index (κ3) is 4.42. The SMILES string of the molecule is O=C(O)c1ccc(C(=O)N(Cc2ccccc2)CC2CCCO2)cn1. The summed E-state index contributed by atoms with van der Waals surface area (Å²) >= 11 is 0. The highest BCUT2D eigenvalue weighted by molar-refractivity contribution is 5.94. The summed E-state index contributed by atoms with van der Waals surface area (Å²) in [5.41, 5.74) is 1.33. The molecule has 2 heterocycles. The van der Waals surface area contributed by atoms with Gasteiger partial charge in [-0.2, -0.15) is 0 Å². The fourth-order valence-electron chi connectivity index (χ4n) is 2.89. The molecule has 2 aromatic rings. The van der Waals surface area contributed by atoms with E-state index in [-0.39, 0.29) is 17.7 Å². The van der Waals surface area contributed by atoms with E-state index in [4.69, 9.17) is 9.84 Å². The molecule has 1 N–H and O–H groups in total. The monoisotopic (exact) mass is 340 g/mol. The van der Waals surface area contributed by atoms with Crippen LogP contribution in [-0.2, 0) is 11.3 Å². The number of ether oxygens (including phenoxy) is 1. The first kappa shape index (κ1) is 17.1. The zero-order valence-electron chi connectivity index (χ0n) is 13.8. The van der Waals surface area contributed by atoms with Crippen molar-refractivity contribution in [1.82, 2.24) is 9.88 Å². The second-order valence-corrected chi connectivity index (χ2v) is 6.04. The predicted molar refractivity (Wildman–Crippen MR) is 91.4 cm³/mol. The molecule has 0 bridgehead atoms. The van der Waals surface area contributed by atoms with E-state index in [2.05, 4.69) is 4.98 Å². The Kier molecular flexibility index (Phi) is 5.40. The van der Waals surface area contributed by atoms with Crippen molar-refractivity contribution in [2.24, 2.45) is 0 Å². The van der Waals surface area contributed by atoms with Crippen LogP contribution in [0.3, 0.4) is 0 Å². The van der Waals surface area contributed by atoms with Gasteiger partial charge < -0.3 is 14.7 Å². The lowest BCUT2D eigenvalue weighted by Gasteiger charge is -2.25. The van der Waals surface area contributed by atoms with Gasteiger partial charge in [0.1, 0.15) is 5.69 Å². The van der Waals surface area contributed by atoms with Gasteiger partial charge in [0.15, 0.2) is 0 Å². The topological polar surface area (TPSA) is 79.7 Å². The Bertz CT molecular complexity index is 725. The molecule has 1 aromatic carbocycles. The molecule has 1 unspecified atom stereocenters. The molecule has 1 aliphatic heterocycles. The Morgan fingerprint density at radius 3 is 2.60 bits per heavy atom. The summed E-state index contributed by atoms with van der Waals surface area (Å²) in [6.07, 6.45) is 3.31. The summed E-state index contributed by atoms with van der Waals surface area (Å²) in [5.74, 6) is -1.29. The van der Waals surface area contributed by atoms with Crippen LogP contribution in [0.15, 0.2) is 48.7 Å². The first-order valence-electron chi connectivity index (χ1n) is 8.27. The number of benzene rings is 1. The lowest BCUT2D eigenvalue weighted by atomic mass is 10.1. The number of hydrogen-bond donors (Lipinski definition) is 1. The maximum Gasteiger partial charge on any atom is 0.354 e. The second-order valence-electron chi connectivity index (χ2n) is 6.04. The number of pyridine rings is 1. The molecule has 25 heavy (non-hydrogen) atoms. The van der Waals surface area contributed by atoms with E-state index in [1.165, 1.54) is 18.3 Å². The second kappa shape index (κ2) is 7.90. The molecule has 0 radical (unpaired) electrons. The van der Waals surface area contributed by atoms with Gasteiger partial charge in [-0.3, -0.25) is 4.79 Å². The number of carboxylic acid groups (broad SMARTS) is 1. The number of aromatic carboxylic acids is 1. The minimum Gasteiger partial charge on any atom is -0.477 e. The first-order valence-corrected chi connectivity index (χ1v) is 8.27. The minimum atomic E-state index is -1.11. The molecule has 1 aliphatic rings.